The largest absolute Gasteiger partial charge is 0.342 e. The van der Waals surface area contributed by atoms with Gasteiger partial charge in [0.15, 0.2) is 0 Å². The third-order valence-corrected chi connectivity index (χ3v) is 6.71. The number of rotatable bonds is 3. The van der Waals surface area contributed by atoms with Crippen molar-refractivity contribution in [1.82, 2.24) is 9.80 Å². The van der Waals surface area contributed by atoms with Gasteiger partial charge in [0.05, 0.1) is 0 Å². The molecule has 0 bridgehead atoms. The summed E-state index contributed by atoms with van der Waals surface area (Å²) < 4.78 is 0. The molecular weight excluding hydrogens is 296 g/mol. The molecule has 0 N–H and O–H groups in total. The summed E-state index contributed by atoms with van der Waals surface area (Å²) in [6.07, 6.45) is 5.80. The molecule has 24 heavy (non-hydrogen) atoms. The van der Waals surface area contributed by atoms with Crippen molar-refractivity contribution in [2.24, 2.45) is 11.3 Å². The Kier molecular flexibility index (Phi) is 4.16. The molecular formula is C21H30N2O. The van der Waals surface area contributed by atoms with E-state index in [1.54, 1.807) is 0 Å². The van der Waals surface area contributed by atoms with Gasteiger partial charge in [-0.15, -0.1) is 0 Å². The summed E-state index contributed by atoms with van der Waals surface area (Å²) >= 11 is 0. The molecule has 2 heterocycles. The topological polar surface area (TPSA) is 23.6 Å². The lowest BCUT2D eigenvalue weighted by atomic mass is 9.62. The molecule has 1 unspecified atom stereocenters. The summed E-state index contributed by atoms with van der Waals surface area (Å²) in [5.74, 6) is 0.782. The van der Waals surface area contributed by atoms with Gasteiger partial charge in [0.25, 0.3) is 0 Å². The van der Waals surface area contributed by atoms with E-state index in [-0.39, 0.29) is 0 Å². The first kappa shape index (κ1) is 16.1. The van der Waals surface area contributed by atoms with Crippen molar-refractivity contribution in [1.29, 1.82) is 0 Å². The molecule has 1 amide bonds. The molecule has 2 aliphatic heterocycles. The third kappa shape index (κ3) is 2.57. The van der Waals surface area contributed by atoms with Crippen molar-refractivity contribution in [3.63, 3.8) is 0 Å². The van der Waals surface area contributed by atoms with Crippen LogP contribution in [0, 0.1) is 11.3 Å². The fourth-order valence-corrected chi connectivity index (χ4v) is 4.96. The zero-order chi connectivity index (χ0) is 16.7. The minimum atomic E-state index is 0.345. The Morgan fingerprint density at radius 3 is 2.33 bits per heavy atom. The van der Waals surface area contributed by atoms with Gasteiger partial charge in [-0.3, -0.25) is 9.69 Å². The first-order valence-corrected chi connectivity index (χ1v) is 9.70. The quantitative estimate of drug-likeness (QED) is 0.842. The molecule has 0 aromatic heterocycles. The Balaban J connectivity index is 1.48. The fraction of sp³-hybridized carbons (Fsp3) is 0.667. The van der Waals surface area contributed by atoms with Crippen LogP contribution < -0.4 is 0 Å². The van der Waals surface area contributed by atoms with Crippen molar-refractivity contribution in [2.75, 3.05) is 19.6 Å². The molecule has 3 nitrogen and oxygen atoms in total. The van der Waals surface area contributed by atoms with Crippen LogP contribution in [0.4, 0.5) is 0 Å². The lowest BCUT2D eigenvalue weighted by Gasteiger charge is -2.62. The van der Waals surface area contributed by atoms with E-state index in [0.29, 0.717) is 29.3 Å². The molecule has 1 aliphatic carbocycles. The van der Waals surface area contributed by atoms with E-state index in [1.165, 1.54) is 18.5 Å². The highest BCUT2D eigenvalue weighted by molar-refractivity contribution is 5.79. The molecule has 130 valence electrons. The van der Waals surface area contributed by atoms with Crippen LogP contribution >= 0.6 is 0 Å². The van der Waals surface area contributed by atoms with Crippen LogP contribution in [0.2, 0.25) is 0 Å². The van der Waals surface area contributed by atoms with Crippen LogP contribution in [0.15, 0.2) is 30.3 Å². The van der Waals surface area contributed by atoms with Crippen LogP contribution in [0.1, 0.15) is 57.6 Å². The van der Waals surface area contributed by atoms with Crippen LogP contribution in [0.3, 0.4) is 0 Å². The van der Waals surface area contributed by atoms with Crippen LogP contribution in [0.25, 0.3) is 0 Å². The Bertz CT molecular complexity index is 585. The molecule has 0 radical (unpaired) electrons. The number of likely N-dealkylation sites (tertiary alicyclic amines) is 2. The Hall–Kier alpha value is -1.35. The molecule has 3 fully saturated rings. The normalized spacial score (nSPS) is 27.1. The van der Waals surface area contributed by atoms with Gasteiger partial charge >= 0.3 is 0 Å². The summed E-state index contributed by atoms with van der Waals surface area (Å²) in [6.45, 7) is 7.72. The van der Waals surface area contributed by atoms with Gasteiger partial charge in [0, 0.05) is 43.1 Å². The average Bonchev–Trinajstić information content (AvgIpc) is 2.52. The van der Waals surface area contributed by atoms with Crippen molar-refractivity contribution in [3.05, 3.63) is 35.9 Å². The van der Waals surface area contributed by atoms with Gasteiger partial charge in [-0.1, -0.05) is 36.8 Å². The van der Waals surface area contributed by atoms with Crippen LogP contribution in [-0.2, 0) is 4.79 Å². The monoisotopic (exact) mass is 326 g/mol. The first-order chi connectivity index (χ1) is 11.6. The van der Waals surface area contributed by atoms with Crippen molar-refractivity contribution >= 4 is 5.91 Å². The standard InChI is InChI=1S/C21H30N2O/c1-16(2)23-15-21(19(23)17-7-4-3-5-8-17)11-13-22(14-12-21)20(24)18-9-6-10-18/h3-5,7-8,16,18-19H,6,9-15H2,1-2H3. The highest BCUT2D eigenvalue weighted by Gasteiger charge is 2.54. The Morgan fingerprint density at radius 2 is 1.79 bits per heavy atom. The maximum atomic E-state index is 12.5. The smallest absolute Gasteiger partial charge is 0.225 e. The summed E-state index contributed by atoms with van der Waals surface area (Å²) in [5.41, 5.74) is 1.83. The molecule has 2 saturated heterocycles. The Labute approximate surface area is 146 Å². The number of piperidine rings is 1. The molecule has 3 heteroatoms. The van der Waals surface area contributed by atoms with Gasteiger partial charge in [-0.2, -0.15) is 0 Å². The van der Waals surface area contributed by atoms with E-state index in [9.17, 15) is 4.79 Å². The molecule has 1 spiro atoms. The highest BCUT2D eigenvalue weighted by atomic mass is 16.2. The summed E-state index contributed by atoms with van der Waals surface area (Å²) in [5, 5.41) is 0. The van der Waals surface area contributed by atoms with Gasteiger partial charge in [-0.25, -0.2) is 0 Å². The lowest BCUT2D eigenvalue weighted by molar-refractivity contribution is -0.152. The van der Waals surface area contributed by atoms with Gasteiger partial charge in [0.2, 0.25) is 5.91 Å². The predicted molar refractivity (Wildman–Crippen MR) is 96.6 cm³/mol. The lowest BCUT2D eigenvalue weighted by Crippen LogP contribution is -2.64. The second kappa shape index (κ2) is 6.18. The predicted octanol–water partition coefficient (Wildman–Crippen LogP) is 3.86. The van der Waals surface area contributed by atoms with E-state index in [1.807, 2.05) is 0 Å². The minimum Gasteiger partial charge on any atom is -0.342 e. The minimum absolute atomic E-state index is 0.345. The zero-order valence-corrected chi connectivity index (χ0v) is 15.1. The fourth-order valence-electron chi connectivity index (χ4n) is 4.96. The number of hydrogen-bond donors (Lipinski definition) is 0. The van der Waals surface area contributed by atoms with Crippen molar-refractivity contribution < 1.29 is 4.79 Å². The van der Waals surface area contributed by atoms with E-state index < -0.39 is 0 Å². The number of carbonyl (C=O) groups excluding carboxylic acids is 1. The molecule has 1 saturated carbocycles. The molecule has 1 atom stereocenters. The van der Waals surface area contributed by atoms with Crippen molar-refractivity contribution in [3.8, 4) is 0 Å². The second-order valence-corrected chi connectivity index (χ2v) is 8.39. The SMILES string of the molecule is CC(C)N1CC2(CCN(C(=O)C3CCC3)CC2)C1c1ccccc1. The van der Waals surface area contributed by atoms with Crippen LogP contribution in [0.5, 0.6) is 0 Å². The van der Waals surface area contributed by atoms with E-state index in [2.05, 4.69) is 54.0 Å². The molecule has 4 rings (SSSR count). The number of nitrogens with zero attached hydrogens (tertiary/aromatic N) is 2. The summed E-state index contributed by atoms with van der Waals surface area (Å²) in [6, 6.07) is 12.1. The number of benzene rings is 1. The molecule has 1 aromatic rings. The number of amides is 1. The third-order valence-electron chi connectivity index (χ3n) is 6.71. The van der Waals surface area contributed by atoms with Crippen LogP contribution in [-0.4, -0.2) is 41.4 Å². The average molecular weight is 326 g/mol. The maximum Gasteiger partial charge on any atom is 0.225 e. The second-order valence-electron chi connectivity index (χ2n) is 8.39. The van der Waals surface area contributed by atoms with E-state index in [0.717, 1.165) is 38.8 Å². The first-order valence-electron chi connectivity index (χ1n) is 9.70. The maximum absolute atomic E-state index is 12.5. The Morgan fingerprint density at radius 1 is 1.12 bits per heavy atom. The van der Waals surface area contributed by atoms with Gasteiger partial charge in [0.1, 0.15) is 0 Å². The zero-order valence-electron chi connectivity index (χ0n) is 15.1. The number of carbonyl (C=O) groups is 1. The summed E-state index contributed by atoms with van der Waals surface area (Å²) in [4.78, 5) is 17.3. The molecule has 3 aliphatic rings. The van der Waals surface area contributed by atoms with Gasteiger partial charge in [-0.05, 0) is 45.1 Å². The van der Waals surface area contributed by atoms with E-state index in [4.69, 9.17) is 0 Å². The molecule has 1 aromatic carbocycles. The number of hydrogen-bond acceptors (Lipinski definition) is 2. The van der Waals surface area contributed by atoms with Crippen molar-refractivity contribution in [2.45, 2.75) is 58.0 Å². The highest BCUT2D eigenvalue weighted by Crippen LogP contribution is 2.55. The summed E-state index contributed by atoms with van der Waals surface area (Å²) in [7, 11) is 0. The van der Waals surface area contributed by atoms with E-state index >= 15 is 0 Å². The van der Waals surface area contributed by atoms with Gasteiger partial charge < -0.3 is 4.90 Å².